The fraction of sp³-hybridized carbons (Fsp3) is 0.278. The molecule has 162 valence electrons. The summed E-state index contributed by atoms with van der Waals surface area (Å²) < 4.78 is 56.9. The van der Waals surface area contributed by atoms with E-state index in [1.165, 1.54) is 46.8 Å². The minimum atomic E-state index is -3.63. The third-order valence-electron chi connectivity index (χ3n) is 4.23. The van der Waals surface area contributed by atoms with Crippen molar-refractivity contribution in [3.8, 4) is 0 Å². The van der Waals surface area contributed by atoms with E-state index in [2.05, 4.69) is 10.0 Å². The van der Waals surface area contributed by atoms with Gasteiger partial charge in [0.05, 0.1) is 35.0 Å². The van der Waals surface area contributed by atoms with Crippen molar-refractivity contribution in [2.75, 3.05) is 42.6 Å². The number of amides is 1. The first-order valence-electron chi connectivity index (χ1n) is 8.83. The lowest BCUT2D eigenvalue weighted by molar-refractivity contribution is 0.0730. The second-order valence-corrected chi connectivity index (χ2v) is 10.7. The Bertz CT molecular complexity index is 1140. The Morgan fingerprint density at radius 3 is 2.20 bits per heavy atom. The van der Waals surface area contributed by atoms with Crippen molar-refractivity contribution < 1.29 is 26.4 Å². The highest BCUT2D eigenvalue weighted by Gasteiger charge is 2.26. The molecule has 0 aromatic heterocycles. The minimum absolute atomic E-state index is 0.0651. The van der Waals surface area contributed by atoms with Crippen LogP contribution in [0.5, 0.6) is 0 Å². The van der Waals surface area contributed by atoms with Gasteiger partial charge in [0.1, 0.15) is 0 Å². The third kappa shape index (κ3) is 5.49. The predicted molar refractivity (Wildman–Crippen MR) is 114 cm³/mol. The van der Waals surface area contributed by atoms with Crippen LogP contribution in [0.3, 0.4) is 0 Å². The molecule has 0 atom stereocenters. The van der Waals surface area contributed by atoms with Gasteiger partial charge in [0.2, 0.25) is 20.0 Å². The molecule has 0 spiro atoms. The van der Waals surface area contributed by atoms with Crippen LogP contribution in [0, 0.1) is 0 Å². The molecule has 30 heavy (non-hydrogen) atoms. The molecule has 1 aliphatic heterocycles. The number of halogens is 1. The number of sulfonamides is 2. The van der Waals surface area contributed by atoms with Gasteiger partial charge < -0.3 is 10.1 Å². The summed E-state index contributed by atoms with van der Waals surface area (Å²) in [7, 11) is -7.15. The minimum Gasteiger partial charge on any atom is -0.379 e. The van der Waals surface area contributed by atoms with Crippen molar-refractivity contribution in [3.05, 3.63) is 53.1 Å². The molecule has 2 aromatic carbocycles. The van der Waals surface area contributed by atoms with Crippen LogP contribution in [0.25, 0.3) is 0 Å². The van der Waals surface area contributed by atoms with E-state index in [0.29, 0.717) is 18.9 Å². The molecule has 2 N–H and O–H groups in total. The second-order valence-electron chi connectivity index (χ2n) is 6.56. The number of nitrogens with one attached hydrogen (secondary N) is 2. The second kappa shape index (κ2) is 8.90. The van der Waals surface area contributed by atoms with Crippen LogP contribution in [-0.2, 0) is 24.8 Å². The Hall–Kier alpha value is -2.18. The van der Waals surface area contributed by atoms with Gasteiger partial charge in [-0.2, -0.15) is 4.31 Å². The van der Waals surface area contributed by atoms with Crippen molar-refractivity contribution in [2.45, 2.75) is 4.90 Å². The molecule has 0 bridgehead atoms. The number of carbonyl (C=O) groups excluding carboxylic acids is 1. The van der Waals surface area contributed by atoms with Crippen LogP contribution in [0.2, 0.25) is 5.02 Å². The van der Waals surface area contributed by atoms with E-state index < -0.39 is 26.0 Å². The Kier molecular flexibility index (Phi) is 6.68. The molecular weight excluding hydrogens is 454 g/mol. The predicted octanol–water partition coefficient (Wildman–Crippen LogP) is 1.98. The maximum absolute atomic E-state index is 12.6. The SMILES string of the molecule is CS(=O)(=O)Nc1ccc(Cl)c(C(=O)Nc2ccc(S(=O)(=O)N3CCOCC3)cc2)c1. The highest BCUT2D eigenvalue weighted by Crippen LogP contribution is 2.24. The van der Waals surface area contributed by atoms with Crippen molar-refractivity contribution in [2.24, 2.45) is 0 Å². The number of anilines is 2. The maximum Gasteiger partial charge on any atom is 0.257 e. The van der Waals surface area contributed by atoms with Gasteiger partial charge in [-0.05, 0) is 42.5 Å². The number of morpholine rings is 1. The molecule has 0 saturated carbocycles. The summed E-state index contributed by atoms with van der Waals surface area (Å²) in [5.74, 6) is -0.569. The van der Waals surface area contributed by atoms with Gasteiger partial charge in [0.25, 0.3) is 5.91 Å². The molecule has 0 aliphatic carbocycles. The third-order valence-corrected chi connectivity index (χ3v) is 7.08. The number of ether oxygens (including phenoxy) is 1. The van der Waals surface area contributed by atoms with Gasteiger partial charge in [0, 0.05) is 24.5 Å². The molecule has 9 nitrogen and oxygen atoms in total. The van der Waals surface area contributed by atoms with Crippen molar-refractivity contribution in [1.82, 2.24) is 4.31 Å². The molecule has 1 aliphatic rings. The molecule has 1 fully saturated rings. The summed E-state index contributed by atoms with van der Waals surface area (Å²) in [6.07, 6.45) is 0.994. The van der Waals surface area contributed by atoms with Crippen molar-refractivity contribution in [3.63, 3.8) is 0 Å². The zero-order valence-electron chi connectivity index (χ0n) is 16.0. The van der Waals surface area contributed by atoms with Gasteiger partial charge in [-0.1, -0.05) is 11.6 Å². The quantitative estimate of drug-likeness (QED) is 0.661. The Balaban J connectivity index is 1.75. The average molecular weight is 474 g/mol. The first kappa shape index (κ1) is 22.5. The lowest BCUT2D eigenvalue weighted by Crippen LogP contribution is -2.40. The first-order valence-corrected chi connectivity index (χ1v) is 12.5. The molecule has 3 rings (SSSR count). The van der Waals surface area contributed by atoms with E-state index in [0.717, 1.165) is 6.26 Å². The van der Waals surface area contributed by atoms with Crippen LogP contribution in [0.1, 0.15) is 10.4 Å². The van der Waals surface area contributed by atoms with E-state index >= 15 is 0 Å². The van der Waals surface area contributed by atoms with E-state index in [1.807, 2.05) is 0 Å². The number of hydrogen-bond donors (Lipinski definition) is 2. The molecule has 1 heterocycles. The fourth-order valence-corrected chi connectivity index (χ4v) is 4.99. The number of nitrogens with zero attached hydrogens (tertiary/aromatic N) is 1. The summed E-state index contributed by atoms with van der Waals surface area (Å²) in [5.41, 5.74) is 0.618. The zero-order valence-corrected chi connectivity index (χ0v) is 18.3. The smallest absolute Gasteiger partial charge is 0.257 e. The largest absolute Gasteiger partial charge is 0.379 e. The number of benzene rings is 2. The van der Waals surface area contributed by atoms with Crippen LogP contribution in [-0.4, -0.2) is 59.6 Å². The molecule has 2 aromatic rings. The first-order chi connectivity index (χ1) is 14.1. The number of hydrogen-bond acceptors (Lipinski definition) is 6. The average Bonchev–Trinajstić information content (AvgIpc) is 2.69. The molecule has 1 amide bonds. The van der Waals surface area contributed by atoms with Crippen LogP contribution in [0.15, 0.2) is 47.4 Å². The summed E-state index contributed by atoms with van der Waals surface area (Å²) in [6, 6.07) is 9.91. The summed E-state index contributed by atoms with van der Waals surface area (Å²) in [5, 5.41) is 2.76. The van der Waals surface area contributed by atoms with Crippen molar-refractivity contribution >= 4 is 48.9 Å². The Labute approximate surface area is 180 Å². The van der Waals surface area contributed by atoms with Crippen LogP contribution in [0.4, 0.5) is 11.4 Å². The van der Waals surface area contributed by atoms with Gasteiger partial charge in [-0.15, -0.1) is 0 Å². The highest BCUT2D eigenvalue weighted by molar-refractivity contribution is 7.92. The van der Waals surface area contributed by atoms with Gasteiger partial charge >= 0.3 is 0 Å². The molecular formula is C18H20ClN3O6S2. The molecule has 1 saturated heterocycles. The summed E-state index contributed by atoms with van der Waals surface area (Å²) in [6.45, 7) is 1.27. The molecule has 0 radical (unpaired) electrons. The summed E-state index contributed by atoms with van der Waals surface area (Å²) >= 11 is 6.07. The van der Waals surface area contributed by atoms with Gasteiger partial charge in [0.15, 0.2) is 0 Å². The molecule has 0 unspecified atom stereocenters. The monoisotopic (exact) mass is 473 g/mol. The number of carbonyl (C=O) groups is 1. The topological polar surface area (TPSA) is 122 Å². The maximum atomic E-state index is 12.6. The number of rotatable bonds is 6. The normalized spacial score (nSPS) is 15.5. The Morgan fingerprint density at radius 2 is 1.60 bits per heavy atom. The van der Waals surface area contributed by atoms with Gasteiger partial charge in [-0.25, -0.2) is 16.8 Å². The van der Waals surface area contributed by atoms with Crippen LogP contribution >= 0.6 is 11.6 Å². The summed E-state index contributed by atoms with van der Waals surface area (Å²) in [4.78, 5) is 12.7. The van der Waals surface area contributed by atoms with E-state index in [4.69, 9.17) is 16.3 Å². The highest BCUT2D eigenvalue weighted by atomic mass is 35.5. The van der Waals surface area contributed by atoms with Crippen LogP contribution < -0.4 is 10.0 Å². The molecule has 12 heteroatoms. The standard InChI is InChI=1S/C18H20ClN3O6S2/c1-29(24,25)21-14-4-7-17(19)16(12-14)18(23)20-13-2-5-15(6-3-13)30(26,27)22-8-10-28-11-9-22/h2-7,12,21H,8-11H2,1H3,(H,20,23). The Morgan fingerprint density at radius 1 is 1.00 bits per heavy atom. The van der Waals surface area contributed by atoms with E-state index in [9.17, 15) is 21.6 Å². The lowest BCUT2D eigenvalue weighted by atomic mass is 10.2. The van der Waals surface area contributed by atoms with E-state index in [-0.39, 0.29) is 34.3 Å². The fourth-order valence-electron chi connectivity index (χ4n) is 2.82. The van der Waals surface area contributed by atoms with Crippen molar-refractivity contribution in [1.29, 1.82) is 0 Å². The van der Waals surface area contributed by atoms with E-state index in [1.54, 1.807) is 0 Å². The zero-order chi connectivity index (χ0) is 21.9. The lowest BCUT2D eigenvalue weighted by Gasteiger charge is -2.26. The van der Waals surface area contributed by atoms with Gasteiger partial charge in [-0.3, -0.25) is 9.52 Å².